The Hall–Kier alpha value is -3.12. The van der Waals surface area contributed by atoms with Gasteiger partial charge in [-0.15, -0.1) is 0 Å². The summed E-state index contributed by atoms with van der Waals surface area (Å²) < 4.78 is 23.5. The molecule has 1 heterocycles. The largest absolute Gasteiger partial charge is 0.497 e. The lowest BCUT2D eigenvalue weighted by Crippen LogP contribution is -2.30. The number of rotatable bonds is 3. The number of carbonyl (C=O) groups is 1. The molecule has 3 aromatic rings. The Bertz CT molecular complexity index is 992. The molecule has 0 fully saturated rings. The van der Waals surface area contributed by atoms with Gasteiger partial charge in [0.1, 0.15) is 11.5 Å². The fourth-order valence-electron chi connectivity index (χ4n) is 3.12. The first-order valence-electron chi connectivity index (χ1n) is 8.31. The van der Waals surface area contributed by atoms with Gasteiger partial charge in [-0.3, -0.25) is 9.69 Å². The van der Waals surface area contributed by atoms with Crippen LogP contribution in [0.1, 0.15) is 10.4 Å². The zero-order valence-electron chi connectivity index (χ0n) is 14.8. The summed E-state index contributed by atoms with van der Waals surface area (Å²) in [7, 11) is 1.74. The number of methoxy groups -OCH3 is 2. The van der Waals surface area contributed by atoms with Gasteiger partial charge in [0.25, 0.3) is 5.91 Å². The smallest absolute Gasteiger partial charge is 0.263 e. The van der Waals surface area contributed by atoms with Crippen LogP contribution in [0.4, 0.5) is 11.4 Å². The van der Waals surface area contributed by atoms with E-state index in [1.807, 2.05) is 24.3 Å². The van der Waals surface area contributed by atoms with Gasteiger partial charge in [0, 0.05) is 11.6 Å². The Balaban J connectivity index is 1.91. The predicted octanol–water partition coefficient (Wildman–Crippen LogP) is 4.16. The summed E-state index contributed by atoms with van der Waals surface area (Å²) in [5, 5.41) is 0. The second-order valence-corrected chi connectivity index (χ2v) is 7.36. The molecule has 0 radical (unpaired) electrons. The van der Waals surface area contributed by atoms with E-state index < -0.39 is 10.8 Å². The van der Waals surface area contributed by atoms with E-state index in [0.717, 1.165) is 0 Å². The lowest BCUT2D eigenvalue weighted by Gasteiger charge is -2.31. The molecule has 27 heavy (non-hydrogen) atoms. The van der Waals surface area contributed by atoms with Crippen LogP contribution in [0.5, 0.6) is 11.5 Å². The Morgan fingerprint density at radius 3 is 1.78 bits per heavy atom. The van der Waals surface area contributed by atoms with Crippen LogP contribution in [0.3, 0.4) is 0 Å². The van der Waals surface area contributed by atoms with Crippen molar-refractivity contribution in [1.29, 1.82) is 0 Å². The maximum atomic E-state index is 13.5. The van der Waals surface area contributed by atoms with E-state index in [2.05, 4.69) is 0 Å². The second kappa shape index (κ2) is 6.89. The van der Waals surface area contributed by atoms with Crippen molar-refractivity contribution in [1.82, 2.24) is 0 Å². The summed E-state index contributed by atoms with van der Waals surface area (Å²) in [5.74, 6) is 0.809. The van der Waals surface area contributed by atoms with E-state index in [0.29, 0.717) is 38.2 Å². The molecule has 0 bridgehead atoms. The molecule has 0 saturated heterocycles. The number of nitrogens with zero attached hydrogens (tertiary/aromatic N) is 1. The van der Waals surface area contributed by atoms with Gasteiger partial charge in [-0.2, -0.15) is 0 Å². The fourth-order valence-corrected chi connectivity index (χ4v) is 4.46. The first-order chi connectivity index (χ1) is 13.1. The molecule has 1 aliphatic heterocycles. The van der Waals surface area contributed by atoms with Gasteiger partial charge < -0.3 is 9.47 Å². The van der Waals surface area contributed by atoms with Gasteiger partial charge in [0.15, 0.2) is 0 Å². The Labute approximate surface area is 159 Å². The highest BCUT2D eigenvalue weighted by molar-refractivity contribution is 7.85. The van der Waals surface area contributed by atoms with Gasteiger partial charge in [0.2, 0.25) is 0 Å². The normalized spacial score (nSPS) is 12.9. The third-order valence-corrected chi connectivity index (χ3v) is 5.90. The van der Waals surface area contributed by atoms with Crippen molar-refractivity contribution in [3.05, 3.63) is 72.3 Å². The zero-order valence-corrected chi connectivity index (χ0v) is 15.7. The van der Waals surface area contributed by atoms with Crippen LogP contribution in [0.15, 0.2) is 76.5 Å². The Morgan fingerprint density at radius 1 is 0.815 bits per heavy atom. The van der Waals surface area contributed by atoms with Crippen LogP contribution in [0, 0.1) is 0 Å². The van der Waals surface area contributed by atoms with Gasteiger partial charge >= 0.3 is 0 Å². The molecule has 5 nitrogen and oxygen atoms in total. The maximum absolute atomic E-state index is 13.5. The minimum Gasteiger partial charge on any atom is -0.497 e. The van der Waals surface area contributed by atoms with Crippen LogP contribution in [0.25, 0.3) is 0 Å². The van der Waals surface area contributed by atoms with E-state index >= 15 is 0 Å². The van der Waals surface area contributed by atoms with E-state index in [1.165, 1.54) is 14.2 Å². The number of fused-ring (bicyclic) bond motifs is 2. The molecular weight excluding hydrogens is 362 g/mol. The second-order valence-electron chi connectivity index (χ2n) is 5.95. The molecule has 6 heteroatoms. The highest BCUT2D eigenvalue weighted by atomic mass is 32.2. The van der Waals surface area contributed by atoms with Crippen molar-refractivity contribution in [3.8, 4) is 11.5 Å². The molecule has 0 saturated carbocycles. The van der Waals surface area contributed by atoms with Gasteiger partial charge in [-0.05, 0) is 36.4 Å². The van der Waals surface area contributed by atoms with Crippen molar-refractivity contribution in [3.63, 3.8) is 0 Å². The number of para-hydroxylation sites is 2. The number of benzene rings is 3. The molecule has 0 aliphatic carbocycles. The highest BCUT2D eigenvalue weighted by Gasteiger charge is 2.32. The topological polar surface area (TPSA) is 55.8 Å². The summed E-state index contributed by atoms with van der Waals surface area (Å²) in [6.45, 7) is 0. The molecule has 0 atom stereocenters. The van der Waals surface area contributed by atoms with Gasteiger partial charge in [-0.25, -0.2) is 4.21 Å². The Kier molecular flexibility index (Phi) is 4.41. The lowest BCUT2D eigenvalue weighted by atomic mass is 10.1. The number of amides is 1. The predicted molar refractivity (Wildman–Crippen MR) is 104 cm³/mol. The molecule has 0 unspecified atom stereocenters. The number of anilines is 2. The average Bonchev–Trinajstić information content (AvgIpc) is 2.73. The van der Waals surface area contributed by atoms with Crippen molar-refractivity contribution >= 4 is 28.1 Å². The third kappa shape index (κ3) is 2.88. The van der Waals surface area contributed by atoms with E-state index in [9.17, 15) is 9.00 Å². The summed E-state index contributed by atoms with van der Waals surface area (Å²) >= 11 is 0. The van der Waals surface area contributed by atoms with Crippen LogP contribution in [0.2, 0.25) is 0 Å². The van der Waals surface area contributed by atoms with Crippen LogP contribution in [-0.2, 0) is 10.8 Å². The van der Waals surface area contributed by atoms with E-state index in [1.54, 1.807) is 47.4 Å². The molecule has 3 aromatic carbocycles. The lowest BCUT2D eigenvalue weighted by molar-refractivity contribution is 0.0997. The number of hydrogen-bond donors (Lipinski definition) is 0. The van der Waals surface area contributed by atoms with Gasteiger partial charge in [-0.1, -0.05) is 24.3 Å². The molecule has 0 N–H and O–H groups in total. The molecule has 0 spiro atoms. The van der Waals surface area contributed by atoms with Crippen LogP contribution < -0.4 is 14.4 Å². The summed E-state index contributed by atoms with van der Waals surface area (Å²) in [6, 6.07) is 19.5. The summed E-state index contributed by atoms with van der Waals surface area (Å²) in [5.41, 5.74) is 1.64. The van der Waals surface area contributed by atoms with Crippen molar-refractivity contribution in [2.45, 2.75) is 9.79 Å². The van der Waals surface area contributed by atoms with Crippen molar-refractivity contribution < 1.29 is 18.5 Å². The quantitative estimate of drug-likeness (QED) is 0.686. The number of ether oxygens (including phenoxy) is 2. The minimum atomic E-state index is -1.34. The van der Waals surface area contributed by atoms with Crippen LogP contribution >= 0.6 is 0 Å². The van der Waals surface area contributed by atoms with E-state index in [-0.39, 0.29) is 5.91 Å². The highest BCUT2D eigenvalue weighted by Crippen LogP contribution is 2.42. The molecule has 0 aromatic heterocycles. The maximum Gasteiger partial charge on any atom is 0.263 e. The first-order valence-corrected chi connectivity index (χ1v) is 9.46. The molecule has 1 amide bonds. The van der Waals surface area contributed by atoms with E-state index in [4.69, 9.17) is 9.47 Å². The van der Waals surface area contributed by atoms with Crippen LogP contribution in [-0.4, -0.2) is 24.3 Å². The van der Waals surface area contributed by atoms with Crippen molar-refractivity contribution in [2.24, 2.45) is 0 Å². The first kappa shape index (κ1) is 17.3. The monoisotopic (exact) mass is 379 g/mol. The zero-order chi connectivity index (χ0) is 19.0. The fraction of sp³-hybridized carbons (Fsp3) is 0.0952. The Morgan fingerprint density at radius 2 is 1.30 bits per heavy atom. The minimum absolute atomic E-state index is 0.246. The summed E-state index contributed by atoms with van der Waals surface area (Å²) in [4.78, 5) is 16.3. The molecular formula is C21H17NO4S. The third-order valence-electron chi connectivity index (χ3n) is 4.41. The molecule has 4 rings (SSSR count). The number of carbonyl (C=O) groups excluding carboxylic acids is 1. The number of hydrogen-bond acceptors (Lipinski definition) is 4. The summed E-state index contributed by atoms with van der Waals surface area (Å²) in [6.07, 6.45) is 0. The van der Waals surface area contributed by atoms with Crippen molar-refractivity contribution in [2.75, 3.05) is 19.1 Å². The average molecular weight is 379 g/mol. The molecule has 136 valence electrons. The van der Waals surface area contributed by atoms with Gasteiger partial charge in [0.05, 0.1) is 46.2 Å². The molecule has 1 aliphatic rings. The standard InChI is InChI=1S/C21H17NO4S/c1-25-15-11-14(12-16(13-15)26-2)21(23)22-17-7-3-5-9-19(17)27(24)20-10-6-4-8-18(20)22/h3-13H,1-2H3. The SMILES string of the molecule is COc1cc(OC)cc(C(=O)N2c3ccccc3S(=O)c3ccccc32)c1.